The molecular weight excluding hydrogens is 592 g/mol. The molecule has 6 nitrogen and oxygen atoms in total. The zero-order chi connectivity index (χ0) is 31.6. The van der Waals surface area contributed by atoms with Crippen LogP contribution in [0.1, 0.15) is 22.9 Å². The van der Waals surface area contributed by atoms with Gasteiger partial charge in [0.2, 0.25) is 5.89 Å². The van der Waals surface area contributed by atoms with E-state index in [2.05, 4.69) is 66.0 Å². The summed E-state index contributed by atoms with van der Waals surface area (Å²) in [4.78, 5) is 15.1. The highest BCUT2D eigenvalue weighted by atomic mass is 16.3. The van der Waals surface area contributed by atoms with E-state index in [1.165, 1.54) is 0 Å². The number of rotatable bonds is 4. The van der Waals surface area contributed by atoms with Crippen molar-refractivity contribution in [2.45, 2.75) is 6.17 Å². The lowest BCUT2D eigenvalue weighted by molar-refractivity contribution is 0.623. The van der Waals surface area contributed by atoms with Gasteiger partial charge in [-0.25, -0.2) is 15.0 Å². The number of nitrogens with zero attached hydrogens (tertiary/aromatic N) is 3. The molecule has 1 aliphatic rings. The van der Waals surface area contributed by atoms with E-state index in [4.69, 9.17) is 23.8 Å². The van der Waals surface area contributed by atoms with Crippen LogP contribution in [0.25, 0.3) is 66.0 Å². The molecule has 3 heterocycles. The summed E-state index contributed by atoms with van der Waals surface area (Å²) < 4.78 is 12.6. The normalized spacial score (nSPS) is 14.9. The summed E-state index contributed by atoms with van der Waals surface area (Å²) in [5.41, 5.74) is 7.20. The van der Waals surface area contributed by atoms with Crippen molar-refractivity contribution in [2.75, 3.05) is 0 Å². The number of hydrogen-bond acceptors (Lipinski definition) is 6. The van der Waals surface area contributed by atoms with Crippen molar-refractivity contribution in [2.24, 2.45) is 9.98 Å². The lowest BCUT2D eigenvalue weighted by atomic mass is 9.98. The van der Waals surface area contributed by atoms with Crippen molar-refractivity contribution >= 4 is 66.3 Å². The average Bonchev–Trinajstić information content (AvgIpc) is 3.77. The van der Waals surface area contributed by atoms with Crippen LogP contribution in [0.5, 0.6) is 0 Å². The van der Waals surface area contributed by atoms with Gasteiger partial charge in [-0.15, -0.1) is 0 Å². The van der Waals surface area contributed by atoms with Crippen molar-refractivity contribution in [1.82, 2.24) is 10.3 Å². The Morgan fingerprint density at radius 1 is 0.542 bits per heavy atom. The van der Waals surface area contributed by atoms with Crippen molar-refractivity contribution in [3.8, 4) is 11.5 Å². The number of para-hydroxylation sites is 1. The van der Waals surface area contributed by atoms with Gasteiger partial charge in [-0.2, -0.15) is 0 Å². The fourth-order valence-electron chi connectivity index (χ4n) is 6.77. The van der Waals surface area contributed by atoms with E-state index < -0.39 is 0 Å². The van der Waals surface area contributed by atoms with Gasteiger partial charge in [-0.3, -0.25) is 0 Å². The minimum absolute atomic E-state index is 0.317. The second-order valence-electron chi connectivity index (χ2n) is 12.1. The number of hydrogen-bond donors (Lipinski definition) is 1. The third-order valence-corrected chi connectivity index (χ3v) is 9.14. The van der Waals surface area contributed by atoms with Gasteiger partial charge in [-0.1, -0.05) is 97.1 Å². The van der Waals surface area contributed by atoms with E-state index >= 15 is 0 Å². The maximum absolute atomic E-state index is 6.49. The van der Waals surface area contributed by atoms with Gasteiger partial charge in [0.1, 0.15) is 28.7 Å². The number of fused-ring (bicyclic) bond motifs is 8. The van der Waals surface area contributed by atoms with E-state index in [1.54, 1.807) is 0 Å². The molecule has 9 aromatic rings. The van der Waals surface area contributed by atoms with E-state index in [0.29, 0.717) is 11.7 Å². The molecule has 0 radical (unpaired) electrons. The van der Waals surface area contributed by atoms with Crippen LogP contribution >= 0.6 is 0 Å². The first-order valence-electron chi connectivity index (χ1n) is 16.0. The van der Waals surface area contributed by atoms with Crippen LogP contribution in [0.15, 0.2) is 164 Å². The highest BCUT2D eigenvalue weighted by molar-refractivity contribution is 6.21. The predicted octanol–water partition coefficient (Wildman–Crippen LogP) is 10.2. The third kappa shape index (κ3) is 4.31. The fraction of sp³-hybridized carbons (Fsp3) is 0.0238. The lowest BCUT2D eigenvalue weighted by Crippen LogP contribution is -2.33. The van der Waals surface area contributed by atoms with Gasteiger partial charge in [0.05, 0.1) is 0 Å². The smallest absolute Gasteiger partial charge is 0.227 e. The SMILES string of the molecule is c1ccc(-c2nc3ccc4ccc5ccc(C6=NC(c7ccc8oc9ccccc9c8c7)=NC(c7ccccc7)N6)cc5c4c3o2)cc1. The molecule has 7 aromatic carbocycles. The highest BCUT2D eigenvalue weighted by Crippen LogP contribution is 2.36. The Morgan fingerprint density at radius 3 is 2.15 bits per heavy atom. The third-order valence-electron chi connectivity index (χ3n) is 9.14. The van der Waals surface area contributed by atoms with E-state index in [0.717, 1.165) is 82.7 Å². The molecule has 1 atom stereocenters. The van der Waals surface area contributed by atoms with Gasteiger partial charge in [0, 0.05) is 32.8 Å². The summed E-state index contributed by atoms with van der Waals surface area (Å²) in [6, 6.07) is 49.5. The van der Waals surface area contributed by atoms with Gasteiger partial charge in [0.15, 0.2) is 11.4 Å². The Kier molecular flexibility index (Phi) is 5.84. The summed E-state index contributed by atoms with van der Waals surface area (Å²) in [6.45, 7) is 0. The molecule has 48 heavy (non-hydrogen) atoms. The number of aromatic nitrogens is 1. The van der Waals surface area contributed by atoms with Crippen LogP contribution in [-0.4, -0.2) is 16.7 Å². The number of nitrogens with one attached hydrogen (secondary N) is 1. The van der Waals surface area contributed by atoms with Crippen LogP contribution in [0.3, 0.4) is 0 Å². The molecule has 226 valence electrons. The summed E-state index contributed by atoms with van der Waals surface area (Å²) in [5, 5.41) is 10.0. The molecule has 2 aromatic heterocycles. The Hall–Kier alpha value is -6.53. The molecule has 1 unspecified atom stereocenters. The molecule has 1 N–H and O–H groups in total. The van der Waals surface area contributed by atoms with Gasteiger partial charge < -0.3 is 14.2 Å². The lowest BCUT2D eigenvalue weighted by Gasteiger charge is -2.24. The second-order valence-corrected chi connectivity index (χ2v) is 12.1. The molecule has 0 amide bonds. The maximum atomic E-state index is 6.49. The summed E-state index contributed by atoms with van der Waals surface area (Å²) >= 11 is 0. The van der Waals surface area contributed by atoms with Crippen LogP contribution < -0.4 is 5.32 Å². The molecule has 6 heteroatoms. The minimum atomic E-state index is -0.317. The average molecular weight is 619 g/mol. The first kappa shape index (κ1) is 26.7. The molecular formula is C42H26N4O2. The standard InChI is InChI=1S/C42H26N4O2/c1-3-9-27(10-4-1)39-44-40(46-41(45-39)30-20-22-36-33(24-30)31-13-7-8-14-35(31)47-36)29-18-16-25-15-17-26-19-21-34-38(37(26)32(25)23-29)48-42(43-34)28-11-5-2-6-12-28/h1-24,39H,(H,44,45,46). The Labute approximate surface area is 274 Å². The van der Waals surface area contributed by atoms with Gasteiger partial charge >= 0.3 is 0 Å². The second kappa shape index (κ2) is 10.5. The van der Waals surface area contributed by atoms with Gasteiger partial charge in [-0.05, 0) is 70.3 Å². The molecule has 0 spiro atoms. The zero-order valence-corrected chi connectivity index (χ0v) is 25.6. The number of oxazole rings is 1. The molecule has 0 saturated heterocycles. The summed E-state index contributed by atoms with van der Waals surface area (Å²) in [7, 11) is 0. The fourth-order valence-corrected chi connectivity index (χ4v) is 6.77. The van der Waals surface area contributed by atoms with Crippen molar-refractivity contribution in [1.29, 1.82) is 0 Å². The van der Waals surface area contributed by atoms with E-state index in [1.807, 2.05) is 84.9 Å². The van der Waals surface area contributed by atoms with E-state index in [-0.39, 0.29) is 6.17 Å². The minimum Gasteiger partial charge on any atom is -0.456 e. The summed E-state index contributed by atoms with van der Waals surface area (Å²) in [6.07, 6.45) is -0.317. The maximum Gasteiger partial charge on any atom is 0.227 e. The molecule has 10 rings (SSSR count). The number of benzene rings is 7. The first-order valence-corrected chi connectivity index (χ1v) is 16.0. The summed E-state index contributed by atoms with van der Waals surface area (Å²) in [5.74, 6) is 2.02. The molecule has 0 saturated carbocycles. The van der Waals surface area contributed by atoms with Crippen molar-refractivity contribution in [3.63, 3.8) is 0 Å². The Balaban J connectivity index is 1.15. The number of aliphatic imine (C=N–C) groups is 2. The molecule has 0 aliphatic carbocycles. The Bertz CT molecular complexity index is 2760. The van der Waals surface area contributed by atoms with Crippen molar-refractivity contribution in [3.05, 3.63) is 162 Å². The quantitative estimate of drug-likeness (QED) is 0.199. The van der Waals surface area contributed by atoms with Crippen LogP contribution in [-0.2, 0) is 0 Å². The molecule has 1 aliphatic heterocycles. The monoisotopic (exact) mass is 618 g/mol. The number of furan rings is 1. The predicted molar refractivity (Wildman–Crippen MR) is 194 cm³/mol. The zero-order valence-electron chi connectivity index (χ0n) is 25.6. The van der Waals surface area contributed by atoms with Gasteiger partial charge in [0.25, 0.3) is 0 Å². The van der Waals surface area contributed by atoms with Crippen molar-refractivity contribution < 1.29 is 8.83 Å². The Morgan fingerprint density at radius 2 is 1.25 bits per heavy atom. The van der Waals surface area contributed by atoms with Crippen LogP contribution in [0.2, 0.25) is 0 Å². The topological polar surface area (TPSA) is 75.9 Å². The molecule has 0 bridgehead atoms. The van der Waals surface area contributed by atoms with E-state index in [9.17, 15) is 0 Å². The highest BCUT2D eigenvalue weighted by Gasteiger charge is 2.22. The molecule has 0 fully saturated rings. The number of amidine groups is 2. The van der Waals surface area contributed by atoms with Crippen LogP contribution in [0, 0.1) is 0 Å². The van der Waals surface area contributed by atoms with Crippen LogP contribution in [0.4, 0.5) is 0 Å². The largest absolute Gasteiger partial charge is 0.456 e. The first-order chi connectivity index (χ1) is 23.7.